The van der Waals surface area contributed by atoms with E-state index in [9.17, 15) is 18.4 Å². The van der Waals surface area contributed by atoms with Gasteiger partial charge in [0, 0.05) is 12.1 Å². The molecule has 0 aromatic heterocycles. The first kappa shape index (κ1) is 16.9. The lowest BCUT2D eigenvalue weighted by atomic mass is 9.82. The summed E-state index contributed by atoms with van der Waals surface area (Å²) in [6.45, 7) is -2.96. The van der Waals surface area contributed by atoms with Crippen LogP contribution in [0.5, 0.6) is 5.75 Å². The molecule has 0 unspecified atom stereocenters. The minimum absolute atomic E-state index is 0.00567. The molecule has 2 N–H and O–H groups in total. The summed E-state index contributed by atoms with van der Waals surface area (Å²) in [4.78, 5) is 23.4. The molecule has 1 amide bonds. The quantitative estimate of drug-likeness (QED) is 0.788. The third-order valence-electron chi connectivity index (χ3n) is 3.73. The molecule has 2 atom stereocenters. The van der Waals surface area contributed by atoms with Crippen LogP contribution in [0.3, 0.4) is 0 Å². The molecular formula is C16H17F2NO4. The van der Waals surface area contributed by atoms with Crippen molar-refractivity contribution in [2.75, 3.05) is 0 Å². The van der Waals surface area contributed by atoms with Crippen molar-refractivity contribution in [1.82, 2.24) is 5.32 Å². The Kier molecular flexibility index (Phi) is 5.67. The number of carbonyl (C=O) groups is 2. The maximum atomic E-state index is 12.3. The Labute approximate surface area is 131 Å². The summed E-state index contributed by atoms with van der Waals surface area (Å²) in [5.74, 6) is -2.88. The van der Waals surface area contributed by atoms with Gasteiger partial charge in [-0.3, -0.25) is 9.59 Å². The molecule has 0 spiro atoms. The predicted octanol–water partition coefficient (Wildman–Crippen LogP) is 2.57. The van der Waals surface area contributed by atoms with E-state index in [1.54, 1.807) is 30.4 Å². The van der Waals surface area contributed by atoms with Crippen molar-refractivity contribution < 1.29 is 28.2 Å². The molecule has 1 aromatic rings. The number of alkyl halides is 2. The molecule has 7 heteroatoms. The third kappa shape index (κ3) is 4.51. The van der Waals surface area contributed by atoms with Crippen molar-refractivity contribution in [2.45, 2.75) is 26.0 Å². The van der Waals surface area contributed by atoms with Crippen molar-refractivity contribution in [3.05, 3.63) is 42.0 Å². The average molecular weight is 325 g/mol. The van der Waals surface area contributed by atoms with Crippen molar-refractivity contribution in [3.8, 4) is 5.75 Å². The Bertz CT molecular complexity index is 603. The van der Waals surface area contributed by atoms with E-state index in [0.717, 1.165) is 0 Å². The monoisotopic (exact) mass is 325 g/mol. The molecule has 0 bridgehead atoms. The minimum Gasteiger partial charge on any atom is -0.481 e. The molecule has 1 aliphatic rings. The van der Waals surface area contributed by atoms with Crippen molar-refractivity contribution in [1.29, 1.82) is 0 Å². The molecule has 23 heavy (non-hydrogen) atoms. The van der Waals surface area contributed by atoms with Gasteiger partial charge in [0.05, 0.1) is 11.8 Å². The number of carboxylic acid groups (broad SMARTS) is 1. The molecule has 2 rings (SSSR count). The smallest absolute Gasteiger partial charge is 0.387 e. The highest BCUT2D eigenvalue weighted by Crippen LogP contribution is 2.26. The number of carboxylic acids is 1. The summed E-state index contributed by atoms with van der Waals surface area (Å²) in [5.41, 5.74) is 0.402. The molecule has 0 fully saturated rings. The Balaban J connectivity index is 2.01. The van der Waals surface area contributed by atoms with Gasteiger partial charge >= 0.3 is 12.6 Å². The Morgan fingerprint density at radius 2 is 1.87 bits per heavy atom. The largest absolute Gasteiger partial charge is 0.481 e. The highest BCUT2D eigenvalue weighted by Gasteiger charge is 2.33. The maximum absolute atomic E-state index is 12.3. The molecule has 124 valence electrons. The summed E-state index contributed by atoms with van der Waals surface area (Å²) >= 11 is 0. The van der Waals surface area contributed by atoms with Gasteiger partial charge in [0.1, 0.15) is 5.75 Å². The molecule has 0 aliphatic heterocycles. The van der Waals surface area contributed by atoms with Crippen LogP contribution in [0.1, 0.15) is 18.4 Å². The van der Waals surface area contributed by atoms with E-state index in [4.69, 9.17) is 5.11 Å². The zero-order valence-corrected chi connectivity index (χ0v) is 12.2. The lowest BCUT2D eigenvalue weighted by Crippen LogP contribution is -2.38. The SMILES string of the molecule is O=C(NCc1ccccc1OC(F)F)[C@H]1CC=CC[C@H]1C(=O)O. The highest BCUT2D eigenvalue weighted by molar-refractivity contribution is 5.85. The number of hydrogen-bond acceptors (Lipinski definition) is 3. The first-order valence-electron chi connectivity index (χ1n) is 7.17. The number of benzene rings is 1. The number of para-hydroxylation sites is 1. The van der Waals surface area contributed by atoms with Gasteiger partial charge in [-0.2, -0.15) is 8.78 Å². The fourth-order valence-electron chi connectivity index (χ4n) is 2.55. The zero-order chi connectivity index (χ0) is 16.8. The number of rotatable bonds is 6. The van der Waals surface area contributed by atoms with Crippen molar-refractivity contribution in [2.24, 2.45) is 11.8 Å². The van der Waals surface area contributed by atoms with Crippen LogP contribution in [0.2, 0.25) is 0 Å². The van der Waals surface area contributed by atoms with Crippen LogP contribution in [0.4, 0.5) is 8.78 Å². The van der Waals surface area contributed by atoms with Crippen LogP contribution in [0.15, 0.2) is 36.4 Å². The fraction of sp³-hybridized carbons (Fsp3) is 0.375. The van der Waals surface area contributed by atoms with Gasteiger partial charge in [-0.1, -0.05) is 30.4 Å². The number of hydrogen-bond donors (Lipinski definition) is 2. The standard InChI is InChI=1S/C16H17F2NO4/c17-16(18)23-13-8-4-1-5-10(13)9-19-14(20)11-6-2-3-7-12(11)15(21)22/h1-5,8,11-12,16H,6-7,9H2,(H,19,20)(H,21,22)/t11-,12+/m0/s1. The zero-order valence-electron chi connectivity index (χ0n) is 12.2. The van der Waals surface area contributed by atoms with Gasteiger partial charge in [-0.25, -0.2) is 0 Å². The van der Waals surface area contributed by atoms with Gasteiger partial charge < -0.3 is 15.2 Å². The second-order valence-electron chi connectivity index (χ2n) is 5.20. The summed E-state index contributed by atoms with van der Waals surface area (Å²) in [5, 5.41) is 11.8. The lowest BCUT2D eigenvalue weighted by molar-refractivity contribution is -0.147. The topological polar surface area (TPSA) is 75.6 Å². The maximum Gasteiger partial charge on any atom is 0.387 e. The van der Waals surface area contributed by atoms with Gasteiger partial charge in [0.2, 0.25) is 5.91 Å². The Morgan fingerprint density at radius 1 is 1.22 bits per heavy atom. The Morgan fingerprint density at radius 3 is 2.52 bits per heavy atom. The molecule has 0 saturated heterocycles. The summed E-state index contributed by atoms with van der Waals surface area (Å²) in [6, 6.07) is 6.14. The van der Waals surface area contributed by atoms with Crippen LogP contribution in [0, 0.1) is 11.8 Å². The number of halogens is 2. The van der Waals surface area contributed by atoms with Crippen LogP contribution in [-0.2, 0) is 16.1 Å². The van der Waals surface area contributed by atoms with E-state index < -0.39 is 30.3 Å². The van der Waals surface area contributed by atoms with Gasteiger partial charge in [-0.05, 0) is 18.9 Å². The average Bonchev–Trinajstić information content (AvgIpc) is 2.53. The van der Waals surface area contributed by atoms with E-state index in [-0.39, 0.29) is 12.3 Å². The van der Waals surface area contributed by atoms with E-state index in [0.29, 0.717) is 18.4 Å². The lowest BCUT2D eigenvalue weighted by Gasteiger charge is -2.24. The highest BCUT2D eigenvalue weighted by atomic mass is 19.3. The number of nitrogens with one attached hydrogen (secondary N) is 1. The number of carbonyl (C=O) groups excluding carboxylic acids is 1. The third-order valence-corrected chi connectivity index (χ3v) is 3.73. The van der Waals surface area contributed by atoms with E-state index in [2.05, 4.69) is 10.1 Å². The van der Waals surface area contributed by atoms with E-state index >= 15 is 0 Å². The minimum atomic E-state index is -2.95. The molecule has 0 heterocycles. The summed E-state index contributed by atoms with van der Waals surface area (Å²) in [6.07, 6.45) is 4.17. The molecule has 1 aliphatic carbocycles. The van der Waals surface area contributed by atoms with Crippen molar-refractivity contribution >= 4 is 11.9 Å². The number of ether oxygens (including phenoxy) is 1. The van der Waals surface area contributed by atoms with Gasteiger partial charge in [0.25, 0.3) is 0 Å². The first-order valence-corrected chi connectivity index (χ1v) is 7.17. The van der Waals surface area contributed by atoms with E-state index in [1.807, 2.05) is 0 Å². The van der Waals surface area contributed by atoms with Crippen LogP contribution >= 0.6 is 0 Å². The first-order chi connectivity index (χ1) is 11.0. The molecule has 5 nitrogen and oxygen atoms in total. The number of amides is 1. The van der Waals surface area contributed by atoms with Crippen LogP contribution in [-0.4, -0.2) is 23.6 Å². The number of allylic oxidation sites excluding steroid dienone is 2. The van der Waals surface area contributed by atoms with Gasteiger partial charge in [0.15, 0.2) is 0 Å². The van der Waals surface area contributed by atoms with Gasteiger partial charge in [-0.15, -0.1) is 0 Å². The summed E-state index contributed by atoms with van der Waals surface area (Å²) in [7, 11) is 0. The van der Waals surface area contributed by atoms with E-state index in [1.165, 1.54) is 6.07 Å². The van der Waals surface area contributed by atoms with Crippen molar-refractivity contribution in [3.63, 3.8) is 0 Å². The van der Waals surface area contributed by atoms with Crippen LogP contribution < -0.4 is 10.1 Å². The number of aliphatic carboxylic acids is 1. The normalized spacial score (nSPS) is 20.3. The molecule has 0 radical (unpaired) electrons. The molecule has 1 aromatic carbocycles. The van der Waals surface area contributed by atoms with Crippen LogP contribution in [0.25, 0.3) is 0 Å². The predicted molar refractivity (Wildman–Crippen MR) is 77.9 cm³/mol. The second-order valence-corrected chi connectivity index (χ2v) is 5.20. The fourth-order valence-corrected chi connectivity index (χ4v) is 2.55. The Hall–Kier alpha value is -2.44. The summed E-state index contributed by atoms with van der Waals surface area (Å²) < 4.78 is 29.1. The molecular weight excluding hydrogens is 308 g/mol. The molecule has 0 saturated carbocycles. The second kappa shape index (κ2) is 7.71.